The summed E-state index contributed by atoms with van der Waals surface area (Å²) in [6.45, 7) is 4.73. The largest absolute Gasteiger partial charge is 0.337 e. The van der Waals surface area contributed by atoms with Crippen LogP contribution in [-0.2, 0) is 0 Å². The van der Waals surface area contributed by atoms with Gasteiger partial charge in [0, 0.05) is 17.4 Å². The average molecular weight is 346 g/mol. The first-order valence-corrected chi connectivity index (χ1v) is 9.36. The summed E-state index contributed by atoms with van der Waals surface area (Å²) in [6.07, 6.45) is 3.77. The summed E-state index contributed by atoms with van der Waals surface area (Å²) in [5.74, 6) is 1.43. The maximum absolute atomic E-state index is 12.7. The molecule has 0 spiro atoms. The lowest BCUT2D eigenvalue weighted by atomic mass is 10.2. The zero-order valence-electron chi connectivity index (χ0n) is 14.2. The Balaban J connectivity index is 1.76. The second-order valence-corrected chi connectivity index (χ2v) is 6.98. The number of carbonyl (C=O) groups is 1. The molecular weight excluding hydrogens is 324 g/mol. The van der Waals surface area contributed by atoms with Gasteiger partial charge in [-0.15, -0.1) is 11.8 Å². The first kappa shape index (κ1) is 16.8. The van der Waals surface area contributed by atoms with Crippen LogP contribution in [0.2, 0.25) is 0 Å². The molecule has 128 valence electrons. The van der Waals surface area contributed by atoms with Crippen LogP contribution in [0.4, 0.5) is 10.5 Å². The zero-order chi connectivity index (χ0) is 17.1. The molecule has 1 atom stereocenters. The predicted octanol–water partition coefficient (Wildman–Crippen LogP) is 4.28. The van der Waals surface area contributed by atoms with Crippen LogP contribution in [0, 0.1) is 0 Å². The molecule has 1 aromatic heterocycles. The van der Waals surface area contributed by atoms with Crippen LogP contribution in [0.15, 0.2) is 33.7 Å². The van der Waals surface area contributed by atoms with Crippen LogP contribution in [-0.4, -0.2) is 33.9 Å². The molecule has 0 aliphatic carbocycles. The van der Waals surface area contributed by atoms with Crippen LogP contribution < -0.4 is 5.32 Å². The fraction of sp³-hybridized carbons (Fsp3) is 0.471. The maximum atomic E-state index is 12.7. The van der Waals surface area contributed by atoms with Crippen LogP contribution in [0.1, 0.15) is 50.4 Å². The number of rotatable bonds is 4. The van der Waals surface area contributed by atoms with Gasteiger partial charge in [0.25, 0.3) is 0 Å². The highest BCUT2D eigenvalue weighted by Crippen LogP contribution is 2.33. The van der Waals surface area contributed by atoms with Crippen LogP contribution in [0.25, 0.3) is 0 Å². The third-order valence-corrected chi connectivity index (χ3v) is 4.92. The Morgan fingerprint density at radius 1 is 1.42 bits per heavy atom. The van der Waals surface area contributed by atoms with E-state index in [0.717, 1.165) is 23.4 Å². The standard InChI is InChI=1S/C17H22N4O2S/c1-11(2)15-19-16(23-20-15)13-8-6-10-21(13)17(22)18-12-7-4-5-9-14(12)24-3/h4-5,7,9,11,13H,6,8,10H2,1-3H3,(H,18,22)/t13-/m0/s1. The molecule has 0 bridgehead atoms. The summed E-state index contributed by atoms with van der Waals surface area (Å²) in [7, 11) is 0. The van der Waals surface area contributed by atoms with Crippen molar-refractivity contribution in [2.24, 2.45) is 0 Å². The van der Waals surface area contributed by atoms with Gasteiger partial charge in [-0.3, -0.25) is 0 Å². The lowest BCUT2D eigenvalue weighted by molar-refractivity contribution is 0.193. The molecule has 6 nitrogen and oxygen atoms in total. The first-order valence-electron chi connectivity index (χ1n) is 8.14. The number of thioether (sulfide) groups is 1. The van der Waals surface area contributed by atoms with Gasteiger partial charge in [0.2, 0.25) is 5.89 Å². The molecular formula is C17H22N4O2S. The third-order valence-electron chi connectivity index (χ3n) is 4.12. The summed E-state index contributed by atoms with van der Waals surface area (Å²) in [4.78, 5) is 20.0. The minimum Gasteiger partial charge on any atom is -0.337 e. The lowest BCUT2D eigenvalue weighted by Crippen LogP contribution is -2.34. The first-order chi connectivity index (χ1) is 11.6. The van der Waals surface area contributed by atoms with Crippen molar-refractivity contribution in [1.82, 2.24) is 15.0 Å². The Bertz CT molecular complexity index is 716. The third kappa shape index (κ3) is 3.40. The molecule has 2 amide bonds. The number of anilines is 1. The smallest absolute Gasteiger partial charge is 0.322 e. The number of carbonyl (C=O) groups excluding carboxylic acids is 1. The topological polar surface area (TPSA) is 71.3 Å². The van der Waals surface area contributed by atoms with Gasteiger partial charge in [-0.2, -0.15) is 4.98 Å². The highest BCUT2D eigenvalue weighted by Gasteiger charge is 2.34. The van der Waals surface area contributed by atoms with E-state index in [-0.39, 0.29) is 18.0 Å². The van der Waals surface area contributed by atoms with Gasteiger partial charge in [0.15, 0.2) is 5.82 Å². The number of nitrogens with one attached hydrogen (secondary N) is 1. The van der Waals surface area contributed by atoms with Crippen molar-refractivity contribution in [3.8, 4) is 0 Å². The van der Waals surface area contributed by atoms with E-state index >= 15 is 0 Å². The van der Waals surface area contributed by atoms with Crippen LogP contribution in [0.5, 0.6) is 0 Å². The molecule has 2 aromatic rings. The van der Waals surface area contributed by atoms with Gasteiger partial charge in [0.05, 0.1) is 5.69 Å². The fourth-order valence-corrected chi connectivity index (χ4v) is 3.37. The monoisotopic (exact) mass is 346 g/mol. The molecule has 1 aliphatic heterocycles. The van der Waals surface area contributed by atoms with Gasteiger partial charge in [-0.1, -0.05) is 31.1 Å². The number of hydrogen-bond acceptors (Lipinski definition) is 5. The summed E-state index contributed by atoms with van der Waals surface area (Å²) in [5.41, 5.74) is 0.828. The number of benzene rings is 1. The molecule has 1 aliphatic rings. The van der Waals surface area contributed by atoms with Gasteiger partial charge in [-0.25, -0.2) is 4.79 Å². The van der Waals surface area contributed by atoms with Crippen molar-refractivity contribution in [2.45, 2.75) is 43.5 Å². The van der Waals surface area contributed by atoms with Gasteiger partial charge in [-0.05, 0) is 31.2 Å². The summed E-state index contributed by atoms with van der Waals surface area (Å²) in [5, 5.41) is 7.03. The van der Waals surface area contributed by atoms with E-state index < -0.39 is 0 Å². The summed E-state index contributed by atoms with van der Waals surface area (Å²) >= 11 is 1.61. The van der Waals surface area contributed by atoms with Gasteiger partial charge in [0.1, 0.15) is 6.04 Å². The predicted molar refractivity (Wildman–Crippen MR) is 94.3 cm³/mol. The summed E-state index contributed by atoms with van der Waals surface area (Å²) < 4.78 is 5.40. The van der Waals surface area contributed by atoms with Crippen molar-refractivity contribution in [3.63, 3.8) is 0 Å². The Hall–Kier alpha value is -2.02. The van der Waals surface area contributed by atoms with E-state index in [2.05, 4.69) is 15.5 Å². The number of urea groups is 1. The number of hydrogen-bond donors (Lipinski definition) is 1. The van der Waals surface area contributed by atoms with Crippen molar-refractivity contribution >= 4 is 23.5 Å². The Morgan fingerprint density at radius 3 is 2.92 bits per heavy atom. The van der Waals surface area contributed by atoms with Crippen molar-refractivity contribution in [2.75, 3.05) is 18.1 Å². The van der Waals surface area contributed by atoms with E-state index in [1.807, 2.05) is 44.4 Å². The minimum absolute atomic E-state index is 0.122. The van der Waals surface area contributed by atoms with E-state index in [0.29, 0.717) is 18.3 Å². The fourth-order valence-electron chi connectivity index (χ4n) is 2.82. The number of likely N-dealkylation sites (tertiary alicyclic amines) is 1. The lowest BCUT2D eigenvalue weighted by Gasteiger charge is -2.22. The minimum atomic E-state index is -0.147. The Kier molecular flexibility index (Phi) is 5.08. The van der Waals surface area contributed by atoms with Gasteiger partial charge >= 0.3 is 6.03 Å². The highest BCUT2D eigenvalue weighted by atomic mass is 32.2. The van der Waals surface area contributed by atoms with Crippen LogP contribution >= 0.6 is 11.8 Å². The Labute approximate surface area is 146 Å². The molecule has 2 heterocycles. The van der Waals surface area contributed by atoms with Gasteiger partial charge < -0.3 is 14.7 Å². The van der Waals surface area contributed by atoms with Crippen molar-refractivity contribution in [3.05, 3.63) is 36.0 Å². The van der Waals surface area contributed by atoms with Crippen molar-refractivity contribution in [1.29, 1.82) is 0 Å². The second kappa shape index (κ2) is 7.25. The molecule has 24 heavy (non-hydrogen) atoms. The SMILES string of the molecule is CSc1ccccc1NC(=O)N1CCC[C@H]1c1nc(C(C)C)no1. The zero-order valence-corrected chi connectivity index (χ0v) is 15.0. The molecule has 1 N–H and O–H groups in total. The van der Waals surface area contributed by atoms with E-state index in [1.54, 1.807) is 16.7 Å². The number of amides is 2. The highest BCUT2D eigenvalue weighted by molar-refractivity contribution is 7.98. The molecule has 7 heteroatoms. The van der Waals surface area contributed by atoms with E-state index in [1.165, 1.54) is 0 Å². The quantitative estimate of drug-likeness (QED) is 0.837. The number of para-hydroxylation sites is 1. The average Bonchev–Trinajstić information content (AvgIpc) is 3.24. The van der Waals surface area contributed by atoms with E-state index in [9.17, 15) is 4.79 Å². The molecule has 1 fully saturated rings. The van der Waals surface area contributed by atoms with Crippen molar-refractivity contribution < 1.29 is 9.32 Å². The molecule has 0 saturated carbocycles. The number of nitrogens with zero attached hydrogens (tertiary/aromatic N) is 3. The normalized spacial score (nSPS) is 17.5. The maximum Gasteiger partial charge on any atom is 0.322 e. The number of aromatic nitrogens is 2. The molecule has 3 rings (SSSR count). The molecule has 1 aromatic carbocycles. The molecule has 1 saturated heterocycles. The van der Waals surface area contributed by atoms with E-state index in [4.69, 9.17) is 4.52 Å². The van der Waals surface area contributed by atoms with Crippen LogP contribution in [0.3, 0.4) is 0 Å². The second-order valence-electron chi connectivity index (χ2n) is 6.13. The molecule has 0 unspecified atom stereocenters. The summed E-state index contributed by atoms with van der Waals surface area (Å²) in [6, 6.07) is 7.53. The molecule has 0 radical (unpaired) electrons. The Morgan fingerprint density at radius 2 is 2.21 bits per heavy atom.